The molecule has 2 aliphatic rings. The van der Waals surface area contributed by atoms with E-state index in [0.29, 0.717) is 12.8 Å². The van der Waals surface area contributed by atoms with E-state index in [1.165, 1.54) is 4.90 Å². The van der Waals surface area contributed by atoms with Crippen LogP contribution in [0.15, 0.2) is 0 Å². The lowest BCUT2D eigenvalue weighted by atomic mass is 9.84. The van der Waals surface area contributed by atoms with Crippen LogP contribution in [0.3, 0.4) is 0 Å². The molecule has 0 aromatic rings. The summed E-state index contributed by atoms with van der Waals surface area (Å²) in [7, 11) is 0. The fraction of sp³-hybridized carbons (Fsp3) is 0.833. The van der Waals surface area contributed by atoms with E-state index in [0.717, 1.165) is 25.7 Å². The minimum Gasteiger partial charge on any atom is -0.394 e. The van der Waals surface area contributed by atoms with Gasteiger partial charge in [0, 0.05) is 6.42 Å². The molecule has 1 saturated heterocycles. The summed E-state index contributed by atoms with van der Waals surface area (Å²) in [5.74, 6) is -0.122. The van der Waals surface area contributed by atoms with Gasteiger partial charge in [0.2, 0.25) is 11.8 Å². The minimum absolute atomic E-state index is 0.0316. The summed E-state index contributed by atoms with van der Waals surface area (Å²) >= 11 is 0. The highest BCUT2D eigenvalue weighted by molar-refractivity contribution is 6.06. The summed E-state index contributed by atoms with van der Waals surface area (Å²) in [5, 5.41) is 9.21. The monoisotopic (exact) mass is 225 g/mol. The number of amides is 2. The van der Waals surface area contributed by atoms with E-state index in [1.54, 1.807) is 0 Å². The first-order valence-corrected chi connectivity index (χ1v) is 6.12. The third kappa shape index (κ3) is 1.56. The van der Waals surface area contributed by atoms with Gasteiger partial charge in [0.15, 0.2) is 0 Å². The molecular weight excluding hydrogens is 206 g/mol. The number of imide groups is 1. The van der Waals surface area contributed by atoms with Gasteiger partial charge in [-0.25, -0.2) is 0 Å². The van der Waals surface area contributed by atoms with E-state index in [9.17, 15) is 14.7 Å². The van der Waals surface area contributed by atoms with Crippen LogP contribution in [0.4, 0.5) is 0 Å². The van der Waals surface area contributed by atoms with Crippen LogP contribution in [0.5, 0.6) is 0 Å². The second-order valence-electron chi connectivity index (χ2n) is 4.98. The van der Waals surface area contributed by atoms with Crippen molar-refractivity contribution in [1.82, 2.24) is 4.90 Å². The van der Waals surface area contributed by atoms with Gasteiger partial charge in [0.05, 0.1) is 18.1 Å². The van der Waals surface area contributed by atoms with Crippen molar-refractivity contribution >= 4 is 11.8 Å². The first-order valence-electron chi connectivity index (χ1n) is 6.12. The molecule has 1 unspecified atom stereocenters. The second kappa shape index (κ2) is 4.17. The maximum Gasteiger partial charge on any atom is 0.236 e. The Hall–Kier alpha value is -0.900. The second-order valence-corrected chi connectivity index (χ2v) is 4.98. The number of aliphatic hydroxyl groups excluding tert-OH is 1. The summed E-state index contributed by atoms with van der Waals surface area (Å²) in [6.07, 6.45) is 4.77. The van der Waals surface area contributed by atoms with E-state index in [-0.39, 0.29) is 24.5 Å². The Morgan fingerprint density at radius 1 is 1.38 bits per heavy atom. The van der Waals surface area contributed by atoms with E-state index >= 15 is 0 Å². The van der Waals surface area contributed by atoms with Crippen molar-refractivity contribution in [1.29, 1.82) is 0 Å². The van der Waals surface area contributed by atoms with Gasteiger partial charge in [-0.05, 0) is 19.3 Å². The number of rotatable bonds is 3. The molecule has 1 saturated carbocycles. The van der Waals surface area contributed by atoms with Crippen LogP contribution < -0.4 is 0 Å². The Bertz CT molecular complexity index is 303. The molecule has 16 heavy (non-hydrogen) atoms. The molecule has 1 N–H and O–H groups in total. The van der Waals surface area contributed by atoms with Crippen LogP contribution in [0.2, 0.25) is 0 Å². The summed E-state index contributed by atoms with van der Waals surface area (Å²) in [5.41, 5.74) is -0.403. The molecule has 1 spiro atoms. The molecule has 2 fully saturated rings. The van der Waals surface area contributed by atoms with Gasteiger partial charge in [0.25, 0.3) is 0 Å². The molecule has 0 bridgehead atoms. The van der Waals surface area contributed by atoms with E-state index < -0.39 is 5.41 Å². The maximum absolute atomic E-state index is 12.3. The normalized spacial score (nSPS) is 25.8. The summed E-state index contributed by atoms with van der Waals surface area (Å²) in [4.78, 5) is 25.5. The molecular formula is C12H19NO3. The van der Waals surface area contributed by atoms with Crippen LogP contribution >= 0.6 is 0 Å². The van der Waals surface area contributed by atoms with Gasteiger partial charge >= 0.3 is 0 Å². The number of hydrogen-bond donors (Lipinski definition) is 1. The van der Waals surface area contributed by atoms with Gasteiger partial charge in [-0.15, -0.1) is 0 Å². The molecule has 0 radical (unpaired) electrons. The smallest absolute Gasteiger partial charge is 0.236 e. The van der Waals surface area contributed by atoms with Crippen molar-refractivity contribution in [2.24, 2.45) is 5.41 Å². The van der Waals surface area contributed by atoms with Crippen LogP contribution in [0.25, 0.3) is 0 Å². The van der Waals surface area contributed by atoms with Gasteiger partial charge in [-0.3, -0.25) is 14.5 Å². The molecule has 0 aromatic heterocycles. The number of nitrogens with zero attached hydrogens (tertiary/aromatic N) is 1. The molecule has 0 aromatic carbocycles. The number of carbonyl (C=O) groups excluding carboxylic acids is 2. The Balaban J connectivity index is 2.22. The predicted molar refractivity (Wildman–Crippen MR) is 58.5 cm³/mol. The van der Waals surface area contributed by atoms with Crippen molar-refractivity contribution in [3.8, 4) is 0 Å². The zero-order valence-corrected chi connectivity index (χ0v) is 9.74. The van der Waals surface area contributed by atoms with E-state index in [2.05, 4.69) is 0 Å². The Morgan fingerprint density at radius 2 is 2.00 bits per heavy atom. The third-order valence-corrected chi connectivity index (χ3v) is 4.04. The van der Waals surface area contributed by atoms with E-state index in [4.69, 9.17) is 0 Å². The topological polar surface area (TPSA) is 57.6 Å². The molecule has 1 aliphatic carbocycles. The van der Waals surface area contributed by atoms with Crippen LogP contribution in [-0.2, 0) is 9.59 Å². The third-order valence-electron chi connectivity index (χ3n) is 4.04. The first-order chi connectivity index (χ1) is 7.64. The van der Waals surface area contributed by atoms with Gasteiger partial charge < -0.3 is 5.11 Å². The average molecular weight is 225 g/mol. The van der Waals surface area contributed by atoms with Crippen molar-refractivity contribution in [2.75, 3.05) is 6.61 Å². The molecule has 4 nitrogen and oxygen atoms in total. The summed E-state index contributed by atoms with van der Waals surface area (Å²) in [6, 6.07) is -0.319. The predicted octanol–water partition coefficient (Wildman–Crippen LogP) is 1.08. The molecule has 1 aliphatic heterocycles. The van der Waals surface area contributed by atoms with Crippen LogP contribution in [0, 0.1) is 5.41 Å². The van der Waals surface area contributed by atoms with Crippen molar-refractivity contribution in [2.45, 2.75) is 51.5 Å². The fourth-order valence-electron chi connectivity index (χ4n) is 3.02. The zero-order chi connectivity index (χ0) is 11.8. The van der Waals surface area contributed by atoms with Gasteiger partial charge in [-0.1, -0.05) is 19.8 Å². The van der Waals surface area contributed by atoms with Gasteiger partial charge in [-0.2, -0.15) is 0 Å². The molecule has 2 amide bonds. The van der Waals surface area contributed by atoms with Crippen LogP contribution in [-0.4, -0.2) is 34.5 Å². The fourth-order valence-corrected chi connectivity index (χ4v) is 3.02. The Labute approximate surface area is 95.6 Å². The number of aliphatic hydroxyl groups is 1. The Kier molecular flexibility index (Phi) is 3.02. The molecule has 1 atom stereocenters. The standard InChI is InChI=1S/C12H19NO3/c1-2-9(8-14)13-10(15)7-12(11(13)16)5-3-4-6-12/h9,14H,2-8H2,1H3. The number of hydrogen-bond acceptors (Lipinski definition) is 3. The quantitative estimate of drug-likeness (QED) is 0.731. The van der Waals surface area contributed by atoms with Crippen molar-refractivity contribution in [3.63, 3.8) is 0 Å². The first kappa shape index (κ1) is 11.6. The minimum atomic E-state index is -0.403. The SMILES string of the molecule is CCC(CO)N1C(=O)CC2(CCCC2)C1=O. The van der Waals surface area contributed by atoms with Crippen LogP contribution in [0.1, 0.15) is 45.4 Å². The van der Waals surface area contributed by atoms with Gasteiger partial charge in [0.1, 0.15) is 0 Å². The summed E-state index contributed by atoms with van der Waals surface area (Å²) < 4.78 is 0. The zero-order valence-electron chi connectivity index (χ0n) is 9.74. The van der Waals surface area contributed by atoms with Crippen molar-refractivity contribution < 1.29 is 14.7 Å². The highest BCUT2D eigenvalue weighted by atomic mass is 16.3. The number of likely N-dealkylation sites (tertiary alicyclic amines) is 1. The molecule has 4 heteroatoms. The van der Waals surface area contributed by atoms with Crippen molar-refractivity contribution in [3.05, 3.63) is 0 Å². The highest BCUT2D eigenvalue weighted by Gasteiger charge is 2.53. The Morgan fingerprint density at radius 3 is 2.50 bits per heavy atom. The average Bonchev–Trinajstić information content (AvgIpc) is 2.81. The molecule has 2 rings (SSSR count). The molecule has 1 heterocycles. The highest BCUT2D eigenvalue weighted by Crippen LogP contribution is 2.47. The largest absolute Gasteiger partial charge is 0.394 e. The molecule has 90 valence electrons. The van der Waals surface area contributed by atoms with E-state index in [1.807, 2.05) is 6.92 Å². The lowest BCUT2D eigenvalue weighted by Crippen LogP contribution is -2.43. The maximum atomic E-state index is 12.3. The number of carbonyl (C=O) groups is 2. The summed E-state index contributed by atoms with van der Waals surface area (Å²) in [6.45, 7) is 1.77. The lowest BCUT2D eigenvalue weighted by molar-refractivity contribution is -0.145. The lowest BCUT2D eigenvalue weighted by Gasteiger charge is -2.26.